The molecule has 1 aliphatic rings. The molecular weight excluding hydrogens is 224 g/mol. The second-order valence-corrected chi connectivity index (χ2v) is 4.96. The smallest absolute Gasteiger partial charge is 0.337 e. The number of fused-ring (bicyclic) bond motifs is 1. The third-order valence-electron chi connectivity index (χ3n) is 3.35. The molecular formula is C16H14O2. The fraction of sp³-hybridized carbons (Fsp3) is 0.312. The molecule has 0 aliphatic heterocycles. The molecule has 18 heavy (non-hydrogen) atoms. The molecule has 1 aliphatic carbocycles. The molecule has 1 aromatic carbocycles. The van der Waals surface area contributed by atoms with E-state index in [1.165, 1.54) is 24.5 Å². The van der Waals surface area contributed by atoms with Crippen molar-refractivity contribution in [1.82, 2.24) is 0 Å². The quantitative estimate of drug-likeness (QED) is 0.521. The van der Waals surface area contributed by atoms with Crippen LogP contribution in [0.4, 0.5) is 0 Å². The van der Waals surface area contributed by atoms with Crippen LogP contribution in [0.2, 0.25) is 0 Å². The van der Waals surface area contributed by atoms with Crippen LogP contribution in [0.1, 0.15) is 29.5 Å². The van der Waals surface area contributed by atoms with E-state index in [-0.39, 0.29) is 5.63 Å². The Morgan fingerprint density at radius 3 is 2.61 bits per heavy atom. The lowest BCUT2D eigenvalue weighted by molar-refractivity contribution is 0.560. The van der Waals surface area contributed by atoms with E-state index < -0.39 is 0 Å². The third-order valence-corrected chi connectivity index (χ3v) is 3.35. The minimum Gasteiger partial charge on any atom is -0.423 e. The van der Waals surface area contributed by atoms with Gasteiger partial charge in [0, 0.05) is 22.9 Å². The maximum Gasteiger partial charge on any atom is 0.337 e. The second-order valence-electron chi connectivity index (χ2n) is 4.96. The summed E-state index contributed by atoms with van der Waals surface area (Å²) in [6.07, 6.45) is 2.37. The lowest BCUT2D eigenvalue weighted by Gasteiger charge is -2.04. The molecule has 0 spiro atoms. The summed E-state index contributed by atoms with van der Waals surface area (Å²) in [5.41, 5.74) is 3.40. The predicted molar refractivity (Wildman–Crippen MR) is 71.6 cm³/mol. The molecule has 0 unspecified atom stereocenters. The first kappa shape index (κ1) is 11.1. The molecule has 0 saturated heterocycles. The van der Waals surface area contributed by atoms with E-state index in [1.807, 2.05) is 19.1 Å². The Kier molecular flexibility index (Phi) is 2.48. The van der Waals surface area contributed by atoms with Gasteiger partial charge in [-0.05, 0) is 49.9 Å². The van der Waals surface area contributed by atoms with Crippen molar-refractivity contribution >= 4 is 11.0 Å². The highest BCUT2D eigenvalue weighted by Crippen LogP contribution is 2.28. The zero-order valence-electron chi connectivity index (χ0n) is 10.5. The minimum atomic E-state index is -0.328. The fourth-order valence-corrected chi connectivity index (χ4v) is 1.93. The van der Waals surface area contributed by atoms with E-state index in [0.717, 1.165) is 16.5 Å². The van der Waals surface area contributed by atoms with Gasteiger partial charge >= 0.3 is 5.63 Å². The van der Waals surface area contributed by atoms with Crippen molar-refractivity contribution in [2.75, 3.05) is 0 Å². The highest BCUT2D eigenvalue weighted by molar-refractivity contribution is 5.84. The summed E-state index contributed by atoms with van der Waals surface area (Å²) in [5, 5.41) is 0.936. The van der Waals surface area contributed by atoms with Gasteiger partial charge in [-0.1, -0.05) is 11.8 Å². The van der Waals surface area contributed by atoms with Crippen molar-refractivity contribution in [3.8, 4) is 11.8 Å². The highest BCUT2D eigenvalue weighted by Gasteiger charge is 2.18. The zero-order chi connectivity index (χ0) is 12.7. The van der Waals surface area contributed by atoms with E-state index in [2.05, 4.69) is 18.8 Å². The van der Waals surface area contributed by atoms with Crippen molar-refractivity contribution in [2.45, 2.75) is 26.7 Å². The van der Waals surface area contributed by atoms with Gasteiger partial charge in [-0.15, -0.1) is 0 Å². The van der Waals surface area contributed by atoms with Crippen LogP contribution in [-0.4, -0.2) is 0 Å². The largest absolute Gasteiger partial charge is 0.423 e. The van der Waals surface area contributed by atoms with Gasteiger partial charge in [-0.3, -0.25) is 0 Å². The van der Waals surface area contributed by atoms with Crippen molar-refractivity contribution in [3.63, 3.8) is 0 Å². The van der Waals surface area contributed by atoms with E-state index in [9.17, 15) is 4.79 Å². The normalized spacial score (nSPS) is 14.3. The Balaban J connectivity index is 2.26. The molecule has 1 fully saturated rings. The molecule has 1 heterocycles. The maximum absolute atomic E-state index is 11.5. The second kappa shape index (κ2) is 4.03. The molecule has 0 radical (unpaired) electrons. The molecule has 2 nitrogen and oxygen atoms in total. The Hall–Kier alpha value is -2.01. The van der Waals surface area contributed by atoms with Gasteiger partial charge < -0.3 is 4.42 Å². The first-order valence-corrected chi connectivity index (χ1v) is 6.20. The Morgan fingerprint density at radius 1 is 1.17 bits per heavy atom. The van der Waals surface area contributed by atoms with Crippen LogP contribution in [-0.2, 0) is 0 Å². The molecule has 1 aromatic heterocycles. The number of benzene rings is 1. The highest BCUT2D eigenvalue weighted by atomic mass is 16.4. The van der Waals surface area contributed by atoms with E-state index >= 15 is 0 Å². The van der Waals surface area contributed by atoms with Crippen LogP contribution in [0.5, 0.6) is 0 Å². The third kappa shape index (κ3) is 2.04. The lowest BCUT2D eigenvalue weighted by Crippen LogP contribution is -1.99. The summed E-state index contributed by atoms with van der Waals surface area (Å²) in [7, 11) is 0. The average Bonchev–Trinajstić information content (AvgIpc) is 3.12. The Labute approximate surface area is 106 Å². The van der Waals surface area contributed by atoms with Crippen LogP contribution in [0.25, 0.3) is 11.0 Å². The SMILES string of the molecule is Cc1cc2oc(=O)cc(C#CC3CC3)c2cc1C. The fourth-order valence-electron chi connectivity index (χ4n) is 1.93. The monoisotopic (exact) mass is 238 g/mol. The van der Waals surface area contributed by atoms with E-state index in [0.29, 0.717) is 11.5 Å². The molecule has 0 bridgehead atoms. The van der Waals surface area contributed by atoms with Crippen molar-refractivity contribution in [2.24, 2.45) is 5.92 Å². The van der Waals surface area contributed by atoms with Crippen LogP contribution in [0, 0.1) is 31.6 Å². The lowest BCUT2D eigenvalue weighted by atomic mass is 10.0. The summed E-state index contributed by atoms with van der Waals surface area (Å²) in [6.45, 7) is 4.06. The van der Waals surface area contributed by atoms with Crippen LogP contribution < -0.4 is 5.63 Å². The summed E-state index contributed by atoms with van der Waals surface area (Å²) >= 11 is 0. The molecule has 90 valence electrons. The standard InChI is InChI=1S/C16H14O2/c1-10-7-14-13(6-5-12-3-4-12)9-16(17)18-15(14)8-11(10)2/h7-9,12H,3-4H2,1-2H3. The first-order chi connectivity index (χ1) is 8.63. The molecule has 1 saturated carbocycles. The van der Waals surface area contributed by atoms with Gasteiger partial charge in [-0.2, -0.15) is 0 Å². The Bertz CT molecular complexity index is 737. The van der Waals surface area contributed by atoms with Crippen LogP contribution >= 0.6 is 0 Å². The van der Waals surface area contributed by atoms with E-state index in [1.54, 1.807) is 0 Å². The summed E-state index contributed by atoms with van der Waals surface area (Å²) in [5.74, 6) is 6.85. The molecule has 2 aromatic rings. The number of aryl methyl sites for hydroxylation is 2. The van der Waals surface area contributed by atoms with Gasteiger partial charge in [-0.25, -0.2) is 4.79 Å². The molecule has 0 amide bonds. The van der Waals surface area contributed by atoms with Gasteiger partial charge in [0.1, 0.15) is 5.58 Å². The van der Waals surface area contributed by atoms with Gasteiger partial charge in [0.2, 0.25) is 0 Å². The first-order valence-electron chi connectivity index (χ1n) is 6.20. The number of rotatable bonds is 0. The Morgan fingerprint density at radius 2 is 1.89 bits per heavy atom. The number of hydrogen-bond acceptors (Lipinski definition) is 2. The molecule has 3 rings (SSSR count). The molecule has 0 N–H and O–H groups in total. The number of hydrogen-bond donors (Lipinski definition) is 0. The summed E-state index contributed by atoms with van der Waals surface area (Å²) in [6, 6.07) is 5.45. The predicted octanol–water partition coefficient (Wildman–Crippen LogP) is 3.17. The summed E-state index contributed by atoms with van der Waals surface area (Å²) in [4.78, 5) is 11.5. The average molecular weight is 238 g/mol. The maximum atomic E-state index is 11.5. The van der Waals surface area contributed by atoms with Gasteiger partial charge in [0.25, 0.3) is 0 Å². The zero-order valence-corrected chi connectivity index (χ0v) is 10.5. The van der Waals surface area contributed by atoms with E-state index in [4.69, 9.17) is 4.42 Å². The van der Waals surface area contributed by atoms with Crippen molar-refractivity contribution in [1.29, 1.82) is 0 Å². The van der Waals surface area contributed by atoms with Gasteiger partial charge in [0.05, 0.1) is 0 Å². The summed E-state index contributed by atoms with van der Waals surface area (Å²) < 4.78 is 5.24. The van der Waals surface area contributed by atoms with Crippen molar-refractivity contribution in [3.05, 3.63) is 45.3 Å². The minimum absolute atomic E-state index is 0.328. The topological polar surface area (TPSA) is 30.2 Å². The van der Waals surface area contributed by atoms with Crippen molar-refractivity contribution < 1.29 is 4.42 Å². The van der Waals surface area contributed by atoms with Crippen LogP contribution in [0.15, 0.2) is 27.4 Å². The van der Waals surface area contributed by atoms with Gasteiger partial charge in [0.15, 0.2) is 0 Å². The van der Waals surface area contributed by atoms with Crippen LogP contribution in [0.3, 0.4) is 0 Å². The molecule has 2 heteroatoms. The molecule has 0 atom stereocenters.